The summed E-state index contributed by atoms with van der Waals surface area (Å²) in [6.45, 7) is 5.10. The molecule has 2 aromatic carbocycles. The molecule has 0 saturated carbocycles. The minimum atomic E-state index is -0.687. The number of benzene rings is 2. The minimum Gasteiger partial charge on any atom is -0.494 e. The predicted octanol–water partition coefficient (Wildman–Crippen LogP) is 5.08. The lowest BCUT2D eigenvalue weighted by Gasteiger charge is -2.36. The molecule has 3 atom stereocenters. The van der Waals surface area contributed by atoms with E-state index in [2.05, 4.69) is 5.32 Å². The van der Waals surface area contributed by atoms with E-state index in [0.717, 1.165) is 29.9 Å². The van der Waals surface area contributed by atoms with Crippen LogP contribution in [0.5, 0.6) is 5.75 Å². The summed E-state index contributed by atoms with van der Waals surface area (Å²) in [5.41, 5.74) is 3.84. The van der Waals surface area contributed by atoms with Crippen LogP contribution in [0.15, 0.2) is 71.1 Å². The topological polar surface area (TPSA) is 117 Å². The van der Waals surface area contributed by atoms with Gasteiger partial charge in [0.15, 0.2) is 5.78 Å². The van der Waals surface area contributed by atoms with E-state index in [1.165, 1.54) is 12.1 Å². The molecule has 5 rings (SSSR count). The molecule has 0 radical (unpaired) electrons. The molecule has 3 aliphatic rings. The van der Waals surface area contributed by atoms with Gasteiger partial charge in [-0.25, -0.2) is 4.79 Å². The SMILES string of the molecule is CCOc1ccc([C@H]2CC(=O)C3=C(C2)NC(C)=C(C(=O)OC[C@H]2CCCO2)[C@@H]3c2ccc([N+](=O)[O-])cc2)cc1. The molecule has 2 aliphatic heterocycles. The van der Waals surface area contributed by atoms with Gasteiger partial charge in [-0.2, -0.15) is 0 Å². The average molecular weight is 533 g/mol. The Morgan fingerprint density at radius 2 is 1.82 bits per heavy atom. The van der Waals surface area contributed by atoms with Gasteiger partial charge < -0.3 is 19.5 Å². The zero-order valence-electron chi connectivity index (χ0n) is 22.1. The summed E-state index contributed by atoms with van der Waals surface area (Å²) in [5.74, 6) is -0.525. The third-order valence-corrected chi connectivity index (χ3v) is 7.57. The highest BCUT2D eigenvalue weighted by molar-refractivity contribution is 6.04. The van der Waals surface area contributed by atoms with Gasteiger partial charge in [0.05, 0.1) is 23.2 Å². The molecule has 9 nitrogen and oxygen atoms in total. The molecule has 0 aromatic heterocycles. The van der Waals surface area contributed by atoms with Crippen molar-refractivity contribution in [2.24, 2.45) is 0 Å². The van der Waals surface area contributed by atoms with Crippen LogP contribution >= 0.6 is 0 Å². The second-order valence-corrected chi connectivity index (χ2v) is 10.1. The Morgan fingerprint density at radius 1 is 1.10 bits per heavy atom. The van der Waals surface area contributed by atoms with Gasteiger partial charge in [-0.1, -0.05) is 24.3 Å². The normalized spacial score (nSPS) is 22.8. The first-order chi connectivity index (χ1) is 18.9. The van der Waals surface area contributed by atoms with Crippen LogP contribution in [0.1, 0.15) is 62.5 Å². The number of hydrogen-bond acceptors (Lipinski definition) is 8. The molecular formula is C30H32N2O7. The molecule has 2 aromatic rings. The lowest BCUT2D eigenvalue weighted by molar-refractivity contribution is -0.384. The number of esters is 1. The molecule has 1 aliphatic carbocycles. The average Bonchev–Trinajstić information content (AvgIpc) is 3.45. The molecule has 39 heavy (non-hydrogen) atoms. The first-order valence-electron chi connectivity index (χ1n) is 13.4. The summed E-state index contributed by atoms with van der Waals surface area (Å²) in [4.78, 5) is 38.0. The molecule has 9 heteroatoms. The molecule has 204 valence electrons. The number of hydrogen-bond donors (Lipinski definition) is 1. The second kappa shape index (κ2) is 11.4. The van der Waals surface area contributed by atoms with Gasteiger partial charge in [0, 0.05) is 48.0 Å². The Balaban J connectivity index is 1.48. The van der Waals surface area contributed by atoms with Crippen molar-refractivity contribution in [3.8, 4) is 5.75 Å². The van der Waals surface area contributed by atoms with Gasteiger partial charge in [0.1, 0.15) is 12.4 Å². The van der Waals surface area contributed by atoms with Crippen molar-refractivity contribution in [1.82, 2.24) is 5.32 Å². The van der Waals surface area contributed by atoms with Gasteiger partial charge in [-0.3, -0.25) is 14.9 Å². The van der Waals surface area contributed by atoms with E-state index in [-0.39, 0.29) is 36.5 Å². The van der Waals surface area contributed by atoms with Crippen LogP contribution in [0.25, 0.3) is 0 Å². The van der Waals surface area contributed by atoms with Crippen LogP contribution in [-0.2, 0) is 19.1 Å². The minimum absolute atomic E-state index is 0.0299. The molecule has 0 unspecified atom stereocenters. The van der Waals surface area contributed by atoms with Crippen molar-refractivity contribution >= 4 is 17.4 Å². The van der Waals surface area contributed by atoms with Gasteiger partial charge in [-0.05, 0) is 62.3 Å². The van der Waals surface area contributed by atoms with Crippen LogP contribution in [0, 0.1) is 10.1 Å². The first kappa shape index (κ1) is 26.6. The van der Waals surface area contributed by atoms with Gasteiger partial charge in [0.2, 0.25) is 0 Å². The van der Waals surface area contributed by atoms with Crippen molar-refractivity contribution in [2.75, 3.05) is 19.8 Å². The fraction of sp³-hybridized carbons (Fsp3) is 0.400. The maximum Gasteiger partial charge on any atom is 0.336 e. The van der Waals surface area contributed by atoms with Gasteiger partial charge >= 0.3 is 5.97 Å². The fourth-order valence-corrected chi connectivity index (χ4v) is 5.69. The fourth-order valence-electron chi connectivity index (χ4n) is 5.69. The number of nitro benzene ring substituents is 1. The van der Waals surface area contributed by atoms with E-state index in [1.54, 1.807) is 19.1 Å². The Hall–Kier alpha value is -3.98. The Kier molecular flexibility index (Phi) is 7.79. The van der Waals surface area contributed by atoms with Crippen LogP contribution in [0.3, 0.4) is 0 Å². The number of carbonyl (C=O) groups excluding carboxylic acids is 2. The number of nitrogens with one attached hydrogen (secondary N) is 1. The number of carbonyl (C=O) groups is 2. The van der Waals surface area contributed by atoms with Crippen molar-refractivity contribution in [3.63, 3.8) is 0 Å². The largest absolute Gasteiger partial charge is 0.494 e. The van der Waals surface area contributed by atoms with E-state index < -0.39 is 16.8 Å². The summed E-state index contributed by atoms with van der Waals surface area (Å²) in [7, 11) is 0. The lowest BCUT2D eigenvalue weighted by Crippen LogP contribution is -2.36. The number of nitro groups is 1. The highest BCUT2D eigenvalue weighted by Gasteiger charge is 2.41. The van der Waals surface area contributed by atoms with E-state index in [4.69, 9.17) is 14.2 Å². The number of dihydropyridines is 1. The molecular weight excluding hydrogens is 500 g/mol. The van der Waals surface area contributed by atoms with Crippen molar-refractivity contribution in [2.45, 2.75) is 57.5 Å². The van der Waals surface area contributed by atoms with Crippen LogP contribution in [0.4, 0.5) is 5.69 Å². The maximum atomic E-state index is 13.8. The summed E-state index contributed by atoms with van der Waals surface area (Å²) in [6, 6.07) is 13.8. The smallest absolute Gasteiger partial charge is 0.336 e. The first-order valence-corrected chi connectivity index (χ1v) is 13.4. The molecule has 1 saturated heterocycles. The van der Waals surface area contributed by atoms with E-state index >= 15 is 0 Å². The highest BCUT2D eigenvalue weighted by atomic mass is 16.6. The van der Waals surface area contributed by atoms with Crippen molar-refractivity contribution < 1.29 is 28.7 Å². The number of Topliss-reactive ketones (excluding diaryl/α,β-unsaturated/α-hetero) is 1. The van der Waals surface area contributed by atoms with Crippen LogP contribution < -0.4 is 10.1 Å². The van der Waals surface area contributed by atoms with E-state index in [0.29, 0.717) is 42.0 Å². The van der Waals surface area contributed by atoms with Crippen LogP contribution in [-0.4, -0.2) is 42.6 Å². The predicted molar refractivity (Wildman–Crippen MR) is 143 cm³/mol. The molecule has 0 bridgehead atoms. The zero-order valence-corrected chi connectivity index (χ0v) is 22.1. The standard InChI is InChI=1S/C30H32N2O7/c1-3-37-23-12-8-19(9-13-23)21-15-25-29(26(33)16-21)28(20-6-10-22(11-7-20)32(35)36)27(18(2)31-25)30(34)39-17-24-5-4-14-38-24/h6-13,21,24,28,31H,3-5,14-17H2,1-2H3/t21-,24-,28+/m1/s1. The number of nitrogens with zero attached hydrogens (tertiary/aromatic N) is 1. The molecule has 2 heterocycles. The third kappa shape index (κ3) is 5.59. The number of allylic oxidation sites excluding steroid dienone is 3. The summed E-state index contributed by atoms with van der Waals surface area (Å²) in [5, 5.41) is 14.6. The maximum absolute atomic E-state index is 13.8. The monoisotopic (exact) mass is 532 g/mol. The number of ether oxygens (including phenoxy) is 3. The van der Waals surface area contributed by atoms with E-state index in [1.807, 2.05) is 31.2 Å². The van der Waals surface area contributed by atoms with Crippen LogP contribution in [0.2, 0.25) is 0 Å². The zero-order chi connectivity index (χ0) is 27.5. The Morgan fingerprint density at radius 3 is 2.46 bits per heavy atom. The Labute approximate surface area is 227 Å². The third-order valence-electron chi connectivity index (χ3n) is 7.57. The summed E-state index contributed by atoms with van der Waals surface area (Å²) in [6.07, 6.45) is 2.50. The quantitative estimate of drug-likeness (QED) is 0.284. The molecule has 0 amide bonds. The highest BCUT2D eigenvalue weighted by Crippen LogP contribution is 2.46. The van der Waals surface area contributed by atoms with Crippen molar-refractivity contribution in [1.29, 1.82) is 0 Å². The summed E-state index contributed by atoms with van der Waals surface area (Å²) >= 11 is 0. The summed E-state index contributed by atoms with van der Waals surface area (Å²) < 4.78 is 16.8. The second-order valence-electron chi connectivity index (χ2n) is 10.1. The number of ketones is 1. The van der Waals surface area contributed by atoms with Gasteiger partial charge in [-0.15, -0.1) is 0 Å². The lowest BCUT2D eigenvalue weighted by atomic mass is 9.71. The Bertz CT molecular complexity index is 1320. The number of rotatable bonds is 8. The number of non-ortho nitro benzene ring substituents is 1. The van der Waals surface area contributed by atoms with E-state index in [9.17, 15) is 19.7 Å². The molecule has 0 spiro atoms. The van der Waals surface area contributed by atoms with Crippen molar-refractivity contribution in [3.05, 3.63) is 92.3 Å². The molecule has 1 N–H and O–H groups in total. The molecule has 1 fully saturated rings. The van der Waals surface area contributed by atoms with Gasteiger partial charge in [0.25, 0.3) is 5.69 Å².